The summed E-state index contributed by atoms with van der Waals surface area (Å²) in [5.41, 5.74) is 0.783. The molecular weight excluding hydrogens is 344 g/mol. The second kappa shape index (κ2) is 8.18. The van der Waals surface area contributed by atoms with Crippen molar-refractivity contribution in [2.24, 2.45) is 0 Å². The Morgan fingerprint density at radius 1 is 1.08 bits per heavy atom. The van der Waals surface area contributed by atoms with E-state index in [2.05, 4.69) is 19.8 Å². The third-order valence-electron chi connectivity index (χ3n) is 5.18. The third-order valence-corrected chi connectivity index (χ3v) is 6.14. The molecule has 1 amide bonds. The number of likely N-dealkylation sites (tertiary alicyclic amines) is 2. The van der Waals surface area contributed by atoms with E-state index in [0.29, 0.717) is 6.04 Å². The van der Waals surface area contributed by atoms with Crippen molar-refractivity contribution in [1.29, 1.82) is 0 Å². The van der Waals surface area contributed by atoms with Gasteiger partial charge in [0.25, 0.3) is 5.91 Å². The minimum Gasteiger partial charge on any atom is -0.334 e. The molecule has 2 aliphatic rings. The maximum atomic E-state index is 13.0. The highest BCUT2D eigenvalue weighted by molar-refractivity contribution is 7.99. The largest absolute Gasteiger partial charge is 0.334 e. The zero-order valence-corrected chi connectivity index (χ0v) is 15.7. The average Bonchev–Trinajstić information content (AvgIpc) is 3.35. The van der Waals surface area contributed by atoms with E-state index in [4.69, 9.17) is 0 Å². The minimum absolute atomic E-state index is 0.172. The van der Waals surface area contributed by atoms with Crippen LogP contribution in [0.4, 0.5) is 0 Å². The lowest BCUT2D eigenvalue weighted by atomic mass is 10.1. The van der Waals surface area contributed by atoms with E-state index < -0.39 is 0 Å². The van der Waals surface area contributed by atoms with Crippen LogP contribution in [0.1, 0.15) is 36.0 Å². The summed E-state index contributed by atoms with van der Waals surface area (Å²) in [7, 11) is 0. The van der Waals surface area contributed by atoms with Crippen LogP contribution < -0.4 is 0 Å². The van der Waals surface area contributed by atoms with Gasteiger partial charge in [0.1, 0.15) is 11.4 Å². The number of rotatable bonds is 5. The van der Waals surface area contributed by atoms with Gasteiger partial charge in [-0.25, -0.2) is 9.97 Å². The lowest BCUT2D eigenvalue weighted by Crippen LogP contribution is -2.42. The van der Waals surface area contributed by atoms with Crippen molar-refractivity contribution in [1.82, 2.24) is 19.8 Å². The van der Waals surface area contributed by atoms with Crippen LogP contribution in [0.3, 0.4) is 0 Å². The monoisotopic (exact) mass is 368 g/mol. The van der Waals surface area contributed by atoms with Gasteiger partial charge in [0.05, 0.1) is 0 Å². The van der Waals surface area contributed by atoms with Crippen molar-refractivity contribution in [3.8, 4) is 0 Å². The topological polar surface area (TPSA) is 49.3 Å². The third kappa shape index (κ3) is 4.07. The van der Waals surface area contributed by atoms with Crippen LogP contribution in [0, 0.1) is 0 Å². The van der Waals surface area contributed by atoms with Crippen LogP contribution in [0.25, 0.3) is 0 Å². The summed E-state index contributed by atoms with van der Waals surface area (Å²) < 4.78 is 0. The molecule has 0 bridgehead atoms. The first-order chi connectivity index (χ1) is 12.8. The molecule has 6 heteroatoms. The highest BCUT2D eigenvalue weighted by Crippen LogP contribution is 2.27. The molecule has 4 rings (SSSR count). The van der Waals surface area contributed by atoms with Gasteiger partial charge in [-0.3, -0.25) is 4.79 Å². The summed E-state index contributed by atoms with van der Waals surface area (Å²) in [6.07, 6.45) is 8.13. The molecule has 3 heterocycles. The molecule has 0 N–H and O–H groups in total. The molecule has 0 saturated carbocycles. The summed E-state index contributed by atoms with van der Waals surface area (Å²) in [6.45, 7) is 4.29. The van der Waals surface area contributed by atoms with Crippen molar-refractivity contribution >= 4 is 17.7 Å². The number of carbonyl (C=O) groups is 1. The van der Waals surface area contributed by atoms with E-state index in [9.17, 15) is 4.79 Å². The van der Waals surface area contributed by atoms with Gasteiger partial charge in [0.15, 0.2) is 0 Å². The summed E-state index contributed by atoms with van der Waals surface area (Å²) in [5.74, 6) is 0.172. The number of amides is 1. The molecule has 2 saturated heterocycles. The molecule has 1 atom stereocenters. The molecule has 2 aliphatic heterocycles. The second-order valence-corrected chi connectivity index (χ2v) is 8.07. The number of carbonyl (C=O) groups excluding carboxylic acids is 1. The first-order valence-electron chi connectivity index (χ1n) is 9.37. The first-order valence-corrected chi connectivity index (χ1v) is 10.2. The van der Waals surface area contributed by atoms with E-state index in [-0.39, 0.29) is 5.91 Å². The van der Waals surface area contributed by atoms with Gasteiger partial charge in [-0.15, -0.1) is 0 Å². The zero-order chi connectivity index (χ0) is 17.8. The molecule has 1 unspecified atom stereocenters. The molecule has 0 aliphatic carbocycles. The van der Waals surface area contributed by atoms with Crippen LogP contribution >= 0.6 is 11.8 Å². The highest BCUT2D eigenvalue weighted by atomic mass is 32.2. The zero-order valence-electron chi connectivity index (χ0n) is 14.9. The summed E-state index contributed by atoms with van der Waals surface area (Å²) in [6, 6.07) is 10.2. The van der Waals surface area contributed by atoms with Crippen LogP contribution in [-0.4, -0.2) is 57.9 Å². The predicted octanol–water partition coefficient (Wildman–Crippen LogP) is 3.33. The van der Waals surface area contributed by atoms with Crippen LogP contribution in [0.5, 0.6) is 0 Å². The van der Waals surface area contributed by atoms with Crippen molar-refractivity contribution in [3.63, 3.8) is 0 Å². The van der Waals surface area contributed by atoms with E-state index in [0.717, 1.165) is 41.4 Å². The van der Waals surface area contributed by atoms with Gasteiger partial charge in [-0.1, -0.05) is 11.8 Å². The minimum atomic E-state index is 0.172. The number of aromatic nitrogens is 2. The molecule has 0 spiro atoms. The van der Waals surface area contributed by atoms with E-state index in [1.807, 2.05) is 30.3 Å². The van der Waals surface area contributed by atoms with Gasteiger partial charge in [0.2, 0.25) is 0 Å². The van der Waals surface area contributed by atoms with Crippen molar-refractivity contribution in [3.05, 3.63) is 48.4 Å². The van der Waals surface area contributed by atoms with Crippen LogP contribution in [-0.2, 0) is 0 Å². The number of nitrogens with zero attached hydrogens (tertiary/aromatic N) is 4. The van der Waals surface area contributed by atoms with E-state index >= 15 is 0 Å². The summed E-state index contributed by atoms with van der Waals surface area (Å²) >= 11 is 1.58. The molecule has 2 aromatic rings. The Bertz CT molecular complexity index is 731. The fourth-order valence-corrected chi connectivity index (χ4v) is 4.59. The maximum absolute atomic E-state index is 13.0. The summed E-state index contributed by atoms with van der Waals surface area (Å²) in [5, 5.41) is 0.907. The Balaban J connectivity index is 1.40. The Morgan fingerprint density at radius 2 is 1.88 bits per heavy atom. The number of hydrogen-bond acceptors (Lipinski definition) is 5. The molecular formula is C20H24N4OS. The Kier molecular flexibility index (Phi) is 5.51. The van der Waals surface area contributed by atoms with Gasteiger partial charge < -0.3 is 9.80 Å². The second-order valence-electron chi connectivity index (χ2n) is 6.98. The van der Waals surface area contributed by atoms with E-state index in [1.54, 1.807) is 24.3 Å². The van der Waals surface area contributed by atoms with Crippen molar-refractivity contribution in [2.45, 2.75) is 41.6 Å². The highest BCUT2D eigenvalue weighted by Gasteiger charge is 2.31. The lowest BCUT2D eigenvalue weighted by Gasteiger charge is -2.28. The molecule has 26 heavy (non-hydrogen) atoms. The van der Waals surface area contributed by atoms with Gasteiger partial charge in [-0.2, -0.15) is 0 Å². The molecule has 1 aromatic carbocycles. The molecule has 1 aromatic heterocycles. The van der Waals surface area contributed by atoms with Crippen molar-refractivity contribution < 1.29 is 4.79 Å². The molecule has 136 valence electrons. The number of benzene rings is 1. The van der Waals surface area contributed by atoms with Crippen molar-refractivity contribution in [2.75, 3.05) is 26.2 Å². The van der Waals surface area contributed by atoms with Crippen LogP contribution in [0.15, 0.2) is 52.8 Å². The first kappa shape index (κ1) is 17.5. The predicted molar refractivity (Wildman–Crippen MR) is 102 cm³/mol. The number of hydrogen-bond donors (Lipinski definition) is 0. The Hall–Kier alpha value is -1.92. The van der Waals surface area contributed by atoms with Gasteiger partial charge in [0, 0.05) is 35.8 Å². The standard InChI is InChI=1S/C20H24N4OS/c25-20(24-13-3-4-17(24)14-23-11-1-2-12-23)16-5-7-18(8-6-16)26-19-9-10-21-15-22-19/h5-10,15,17H,1-4,11-14H2. The Morgan fingerprint density at radius 3 is 2.62 bits per heavy atom. The van der Waals surface area contributed by atoms with E-state index in [1.165, 1.54) is 25.9 Å². The smallest absolute Gasteiger partial charge is 0.254 e. The Labute approximate surface area is 158 Å². The quantitative estimate of drug-likeness (QED) is 0.758. The van der Waals surface area contributed by atoms with Crippen LogP contribution in [0.2, 0.25) is 0 Å². The van der Waals surface area contributed by atoms with Gasteiger partial charge >= 0.3 is 0 Å². The molecule has 2 fully saturated rings. The molecule has 5 nitrogen and oxygen atoms in total. The molecule has 0 radical (unpaired) electrons. The summed E-state index contributed by atoms with van der Waals surface area (Å²) in [4.78, 5) is 26.8. The lowest BCUT2D eigenvalue weighted by molar-refractivity contribution is 0.0708. The fourth-order valence-electron chi connectivity index (χ4n) is 3.85. The SMILES string of the molecule is O=C(c1ccc(Sc2ccncn2)cc1)N1CCCC1CN1CCCC1. The average molecular weight is 369 g/mol. The fraction of sp³-hybridized carbons (Fsp3) is 0.450. The normalized spacial score (nSPS) is 20.6. The maximum Gasteiger partial charge on any atom is 0.254 e. The van der Waals surface area contributed by atoms with Gasteiger partial charge in [-0.05, 0) is 69.1 Å².